The zero-order valence-electron chi connectivity index (χ0n) is 10.1. The van der Waals surface area contributed by atoms with E-state index in [1.54, 1.807) is 19.4 Å². The molecule has 0 atom stereocenters. The van der Waals surface area contributed by atoms with Crippen LogP contribution in [0.2, 0.25) is 10.0 Å². The van der Waals surface area contributed by atoms with E-state index in [2.05, 4.69) is 26.2 Å². The van der Waals surface area contributed by atoms with Gasteiger partial charge in [-0.05, 0) is 34.1 Å². The number of anilines is 1. The molecule has 0 aliphatic carbocycles. The number of nitrogens with one attached hydrogen (secondary N) is 1. The van der Waals surface area contributed by atoms with Crippen molar-refractivity contribution in [3.05, 3.63) is 50.5 Å². The predicted molar refractivity (Wildman–Crippen MR) is 82.3 cm³/mol. The summed E-state index contributed by atoms with van der Waals surface area (Å²) in [6, 6.07) is 7.32. The Morgan fingerprint density at radius 1 is 1.37 bits per heavy atom. The highest BCUT2D eigenvalue weighted by molar-refractivity contribution is 9.10. The van der Waals surface area contributed by atoms with Gasteiger partial charge in [0.1, 0.15) is 11.6 Å². The lowest BCUT2D eigenvalue weighted by Gasteiger charge is -2.12. The largest absolute Gasteiger partial charge is 0.496 e. The molecule has 2 rings (SSSR count). The van der Waals surface area contributed by atoms with E-state index in [0.29, 0.717) is 22.4 Å². The molecule has 0 aliphatic heterocycles. The Labute approximate surface area is 130 Å². The maximum Gasteiger partial charge on any atom is 0.140 e. The van der Waals surface area contributed by atoms with Gasteiger partial charge in [-0.3, -0.25) is 0 Å². The molecule has 1 N–H and O–H groups in total. The van der Waals surface area contributed by atoms with Gasteiger partial charge in [-0.15, -0.1) is 0 Å². The first-order valence-corrected chi connectivity index (χ1v) is 7.03. The minimum Gasteiger partial charge on any atom is -0.496 e. The summed E-state index contributed by atoms with van der Waals surface area (Å²) in [5.74, 6) is 1.44. The molecule has 1 heterocycles. The molecule has 19 heavy (non-hydrogen) atoms. The minimum atomic E-state index is 0.510. The van der Waals surface area contributed by atoms with Crippen LogP contribution < -0.4 is 10.1 Å². The molecule has 0 saturated heterocycles. The number of nitrogens with zero attached hydrogens (tertiary/aromatic N) is 1. The molecule has 0 unspecified atom stereocenters. The summed E-state index contributed by atoms with van der Waals surface area (Å²) in [6.45, 7) is 0.510. The summed E-state index contributed by atoms with van der Waals surface area (Å²) in [5.41, 5.74) is 0.885. The number of hydrogen-bond acceptors (Lipinski definition) is 3. The van der Waals surface area contributed by atoms with Gasteiger partial charge in [0.2, 0.25) is 0 Å². The van der Waals surface area contributed by atoms with Crippen LogP contribution in [-0.4, -0.2) is 12.1 Å². The van der Waals surface area contributed by atoms with Gasteiger partial charge in [-0.25, -0.2) is 4.98 Å². The number of methoxy groups -OCH3 is 1. The lowest BCUT2D eigenvalue weighted by atomic mass is 10.2. The van der Waals surface area contributed by atoms with Crippen molar-refractivity contribution in [2.75, 3.05) is 12.4 Å². The predicted octanol–water partition coefficient (Wildman–Crippen LogP) is 4.77. The van der Waals surface area contributed by atoms with E-state index in [-0.39, 0.29) is 0 Å². The van der Waals surface area contributed by atoms with Crippen molar-refractivity contribution >= 4 is 44.9 Å². The van der Waals surface area contributed by atoms with E-state index in [0.717, 1.165) is 15.8 Å². The first-order chi connectivity index (χ1) is 9.11. The third-order valence-electron chi connectivity index (χ3n) is 2.54. The third kappa shape index (κ3) is 3.53. The smallest absolute Gasteiger partial charge is 0.140 e. The van der Waals surface area contributed by atoms with Crippen molar-refractivity contribution in [1.29, 1.82) is 0 Å². The molecule has 0 fully saturated rings. The number of benzene rings is 1. The van der Waals surface area contributed by atoms with E-state index >= 15 is 0 Å². The zero-order valence-corrected chi connectivity index (χ0v) is 13.2. The lowest BCUT2D eigenvalue weighted by molar-refractivity contribution is 0.410. The Kier molecular flexibility index (Phi) is 4.91. The lowest BCUT2D eigenvalue weighted by Crippen LogP contribution is -2.04. The van der Waals surface area contributed by atoms with Crippen LogP contribution in [0.3, 0.4) is 0 Å². The Bertz CT molecular complexity index is 593. The van der Waals surface area contributed by atoms with E-state index in [1.165, 1.54) is 0 Å². The van der Waals surface area contributed by atoms with Crippen LogP contribution in [0.15, 0.2) is 34.9 Å². The topological polar surface area (TPSA) is 34.1 Å². The molecule has 6 heteroatoms. The van der Waals surface area contributed by atoms with E-state index < -0.39 is 0 Å². The van der Waals surface area contributed by atoms with Crippen LogP contribution in [0.1, 0.15) is 5.56 Å². The van der Waals surface area contributed by atoms with Gasteiger partial charge in [0.05, 0.1) is 16.6 Å². The summed E-state index contributed by atoms with van der Waals surface area (Å²) in [4.78, 5) is 4.20. The summed E-state index contributed by atoms with van der Waals surface area (Å²) in [5, 5.41) is 4.42. The zero-order chi connectivity index (χ0) is 13.8. The second kappa shape index (κ2) is 6.46. The summed E-state index contributed by atoms with van der Waals surface area (Å²) in [6.07, 6.45) is 1.58. The Balaban J connectivity index is 2.19. The SMILES string of the molecule is COc1cccc(Cl)c1CNc1ncc(Cl)cc1Br. The summed E-state index contributed by atoms with van der Waals surface area (Å²) >= 11 is 15.4. The normalized spacial score (nSPS) is 10.3. The molecule has 1 aromatic heterocycles. The molecule has 0 aliphatic rings. The van der Waals surface area contributed by atoms with Crippen LogP contribution in [0.25, 0.3) is 0 Å². The maximum atomic E-state index is 6.17. The minimum absolute atomic E-state index is 0.510. The van der Waals surface area contributed by atoms with Crippen molar-refractivity contribution in [1.82, 2.24) is 4.98 Å². The van der Waals surface area contributed by atoms with Crippen molar-refractivity contribution in [2.45, 2.75) is 6.54 Å². The number of rotatable bonds is 4. The molecule has 100 valence electrons. The number of ether oxygens (including phenoxy) is 1. The molecule has 2 aromatic rings. The fourth-order valence-corrected chi connectivity index (χ4v) is 2.63. The Hall–Kier alpha value is -0.970. The monoisotopic (exact) mass is 360 g/mol. The highest BCUT2D eigenvalue weighted by atomic mass is 79.9. The van der Waals surface area contributed by atoms with Crippen molar-refractivity contribution < 1.29 is 4.74 Å². The average molecular weight is 362 g/mol. The first kappa shape index (κ1) is 14.4. The van der Waals surface area contributed by atoms with Crippen LogP contribution in [-0.2, 0) is 6.54 Å². The molecule has 0 bridgehead atoms. The van der Waals surface area contributed by atoms with Gasteiger partial charge in [0.15, 0.2) is 0 Å². The van der Waals surface area contributed by atoms with E-state index in [4.69, 9.17) is 27.9 Å². The van der Waals surface area contributed by atoms with Crippen LogP contribution in [0, 0.1) is 0 Å². The first-order valence-electron chi connectivity index (χ1n) is 5.48. The van der Waals surface area contributed by atoms with E-state index in [1.807, 2.05) is 18.2 Å². The summed E-state index contributed by atoms with van der Waals surface area (Å²) < 4.78 is 6.08. The maximum absolute atomic E-state index is 6.17. The van der Waals surface area contributed by atoms with Crippen molar-refractivity contribution in [3.8, 4) is 5.75 Å². The standard InChI is InChI=1S/C13H11BrCl2N2O/c1-19-12-4-2-3-11(16)9(12)7-18-13-10(14)5-8(15)6-17-13/h2-6H,7H2,1H3,(H,17,18). The molecule has 3 nitrogen and oxygen atoms in total. The number of aromatic nitrogens is 1. The molecule has 0 radical (unpaired) electrons. The quantitative estimate of drug-likeness (QED) is 0.851. The Morgan fingerprint density at radius 3 is 2.84 bits per heavy atom. The summed E-state index contributed by atoms with van der Waals surface area (Å²) in [7, 11) is 1.62. The van der Waals surface area contributed by atoms with Gasteiger partial charge in [-0.1, -0.05) is 29.3 Å². The van der Waals surface area contributed by atoms with Gasteiger partial charge in [-0.2, -0.15) is 0 Å². The highest BCUT2D eigenvalue weighted by Crippen LogP contribution is 2.28. The molecular formula is C13H11BrCl2N2O. The van der Waals surface area contributed by atoms with Gasteiger partial charge >= 0.3 is 0 Å². The van der Waals surface area contributed by atoms with Crippen LogP contribution >= 0.6 is 39.1 Å². The van der Waals surface area contributed by atoms with Crippen LogP contribution in [0.5, 0.6) is 5.75 Å². The van der Waals surface area contributed by atoms with Crippen molar-refractivity contribution in [3.63, 3.8) is 0 Å². The fraction of sp³-hybridized carbons (Fsp3) is 0.154. The van der Waals surface area contributed by atoms with Gasteiger partial charge < -0.3 is 10.1 Å². The molecule has 1 aromatic carbocycles. The number of pyridine rings is 1. The highest BCUT2D eigenvalue weighted by Gasteiger charge is 2.09. The molecule has 0 amide bonds. The molecule has 0 spiro atoms. The third-order valence-corrected chi connectivity index (χ3v) is 3.70. The molecule has 0 saturated carbocycles. The number of hydrogen-bond donors (Lipinski definition) is 1. The fourth-order valence-electron chi connectivity index (χ4n) is 1.62. The van der Waals surface area contributed by atoms with Gasteiger partial charge in [0, 0.05) is 23.3 Å². The second-order valence-corrected chi connectivity index (χ2v) is 5.46. The second-order valence-electron chi connectivity index (χ2n) is 3.76. The van der Waals surface area contributed by atoms with Crippen LogP contribution in [0.4, 0.5) is 5.82 Å². The Morgan fingerprint density at radius 2 is 2.16 bits per heavy atom. The van der Waals surface area contributed by atoms with E-state index in [9.17, 15) is 0 Å². The molecular weight excluding hydrogens is 351 g/mol. The number of halogens is 3. The van der Waals surface area contributed by atoms with Gasteiger partial charge in [0.25, 0.3) is 0 Å². The van der Waals surface area contributed by atoms with Crippen molar-refractivity contribution in [2.24, 2.45) is 0 Å². The average Bonchev–Trinajstić information content (AvgIpc) is 2.39.